The van der Waals surface area contributed by atoms with E-state index in [1.807, 2.05) is 0 Å². The summed E-state index contributed by atoms with van der Waals surface area (Å²) in [6, 6.07) is 9.78. The number of benzene rings is 2. The molecule has 1 saturated heterocycles. The maximum absolute atomic E-state index is 14.1. The largest absolute Gasteiger partial charge is 0.352 e. The summed E-state index contributed by atoms with van der Waals surface area (Å²) in [5.41, 5.74) is 0.366. The van der Waals surface area contributed by atoms with Gasteiger partial charge >= 0.3 is 0 Å². The average molecular weight is 367 g/mol. The van der Waals surface area contributed by atoms with Gasteiger partial charge in [0.1, 0.15) is 11.9 Å². The highest BCUT2D eigenvalue weighted by atomic mass is 35.5. The van der Waals surface area contributed by atoms with Gasteiger partial charge in [0.25, 0.3) is 5.91 Å². The minimum atomic E-state index is -0.862. The van der Waals surface area contributed by atoms with Crippen LogP contribution in [0, 0.1) is 5.82 Å². The van der Waals surface area contributed by atoms with E-state index in [0.29, 0.717) is 17.1 Å². The Labute approximate surface area is 148 Å². The molecule has 0 radical (unpaired) electrons. The lowest BCUT2D eigenvalue weighted by molar-refractivity contribution is -0.128. The van der Waals surface area contributed by atoms with Crippen molar-refractivity contribution in [3.8, 4) is 0 Å². The highest BCUT2D eigenvalue weighted by Gasteiger charge is 2.36. The first-order chi connectivity index (χ1) is 11.5. The third kappa shape index (κ3) is 3.09. The van der Waals surface area contributed by atoms with Gasteiger partial charge in [-0.2, -0.15) is 0 Å². The molecule has 0 aliphatic carbocycles. The lowest BCUT2D eigenvalue weighted by Crippen LogP contribution is -2.52. The summed E-state index contributed by atoms with van der Waals surface area (Å²) in [6.45, 7) is 0.545. The Bertz CT molecular complexity index is 775. The second-order valence-electron chi connectivity index (χ2n) is 5.34. The molecule has 7 heteroatoms. The van der Waals surface area contributed by atoms with Crippen molar-refractivity contribution < 1.29 is 14.0 Å². The molecular formula is C17H13Cl2FN2O2. The number of nitrogens with one attached hydrogen (secondary N) is 1. The van der Waals surface area contributed by atoms with E-state index in [2.05, 4.69) is 5.32 Å². The Kier molecular flexibility index (Phi) is 4.73. The van der Waals surface area contributed by atoms with Crippen LogP contribution in [0.5, 0.6) is 0 Å². The summed E-state index contributed by atoms with van der Waals surface area (Å²) in [7, 11) is 0. The molecule has 1 atom stereocenters. The van der Waals surface area contributed by atoms with Gasteiger partial charge in [-0.1, -0.05) is 41.4 Å². The highest BCUT2D eigenvalue weighted by Crippen LogP contribution is 2.29. The minimum absolute atomic E-state index is 0.0147. The normalized spacial score (nSPS) is 17.5. The first-order valence-electron chi connectivity index (χ1n) is 7.27. The van der Waals surface area contributed by atoms with Crippen molar-refractivity contribution in [2.45, 2.75) is 6.04 Å². The van der Waals surface area contributed by atoms with Gasteiger partial charge < -0.3 is 10.2 Å². The Morgan fingerprint density at radius 1 is 1.17 bits per heavy atom. The molecule has 0 saturated carbocycles. The maximum Gasteiger partial charge on any atom is 0.259 e. The Balaban J connectivity index is 2.02. The number of amides is 2. The van der Waals surface area contributed by atoms with Crippen molar-refractivity contribution in [1.82, 2.24) is 10.2 Å². The fraction of sp³-hybridized carbons (Fsp3) is 0.176. The van der Waals surface area contributed by atoms with E-state index >= 15 is 0 Å². The molecule has 0 bridgehead atoms. The number of hydrogen-bond donors (Lipinski definition) is 1. The predicted octanol–water partition coefficient (Wildman–Crippen LogP) is 3.45. The molecule has 124 valence electrons. The Hall–Kier alpha value is -2.11. The first-order valence-corrected chi connectivity index (χ1v) is 8.03. The van der Waals surface area contributed by atoms with Crippen molar-refractivity contribution in [3.63, 3.8) is 0 Å². The number of nitrogens with zero attached hydrogens (tertiary/aromatic N) is 1. The number of carbonyl (C=O) groups excluding carboxylic acids is 2. The predicted molar refractivity (Wildman–Crippen MR) is 89.6 cm³/mol. The summed E-state index contributed by atoms with van der Waals surface area (Å²) in [4.78, 5) is 26.5. The molecule has 0 aromatic heterocycles. The molecule has 24 heavy (non-hydrogen) atoms. The molecule has 2 aromatic carbocycles. The quantitative estimate of drug-likeness (QED) is 0.884. The second kappa shape index (κ2) is 6.79. The third-order valence-corrected chi connectivity index (χ3v) is 4.40. The topological polar surface area (TPSA) is 49.4 Å². The maximum atomic E-state index is 14.1. The number of piperazine rings is 1. The molecule has 1 unspecified atom stereocenters. The van der Waals surface area contributed by atoms with Crippen molar-refractivity contribution in [1.29, 1.82) is 0 Å². The number of hydrogen-bond acceptors (Lipinski definition) is 2. The summed E-state index contributed by atoms with van der Waals surface area (Å²) < 4.78 is 14.1. The van der Waals surface area contributed by atoms with Gasteiger partial charge in [0.15, 0.2) is 0 Å². The zero-order valence-corrected chi connectivity index (χ0v) is 13.9. The lowest BCUT2D eigenvalue weighted by atomic mass is 10.0. The van der Waals surface area contributed by atoms with Crippen LogP contribution in [0.15, 0.2) is 42.5 Å². The third-order valence-electron chi connectivity index (χ3n) is 3.84. The van der Waals surface area contributed by atoms with Gasteiger partial charge in [-0.25, -0.2) is 4.39 Å². The van der Waals surface area contributed by atoms with Crippen LogP contribution in [-0.2, 0) is 4.79 Å². The Morgan fingerprint density at radius 2 is 1.88 bits per heavy atom. The van der Waals surface area contributed by atoms with Crippen LogP contribution >= 0.6 is 23.2 Å². The summed E-state index contributed by atoms with van der Waals surface area (Å²) >= 11 is 11.9. The summed E-state index contributed by atoms with van der Waals surface area (Å²) in [6.07, 6.45) is 0. The fourth-order valence-electron chi connectivity index (χ4n) is 2.71. The van der Waals surface area contributed by atoms with Crippen molar-refractivity contribution in [2.24, 2.45) is 0 Å². The van der Waals surface area contributed by atoms with E-state index in [0.717, 1.165) is 0 Å². The van der Waals surface area contributed by atoms with E-state index < -0.39 is 17.8 Å². The number of rotatable bonds is 2. The van der Waals surface area contributed by atoms with Crippen LogP contribution < -0.4 is 5.32 Å². The SMILES string of the molecule is O=C1NCCN(C(=O)c2c(F)cccc2Cl)C1c1ccc(Cl)cc1. The average Bonchev–Trinajstić information content (AvgIpc) is 2.55. The van der Waals surface area contributed by atoms with Gasteiger partial charge in [0, 0.05) is 18.1 Å². The molecule has 3 rings (SSSR count). The zero-order chi connectivity index (χ0) is 17.3. The van der Waals surface area contributed by atoms with Gasteiger partial charge in [-0.05, 0) is 29.8 Å². The molecule has 1 N–H and O–H groups in total. The summed E-state index contributed by atoms with van der Waals surface area (Å²) in [5, 5.41) is 3.25. The van der Waals surface area contributed by atoms with Crippen LogP contribution in [0.3, 0.4) is 0 Å². The molecule has 1 fully saturated rings. The monoisotopic (exact) mass is 366 g/mol. The van der Waals surface area contributed by atoms with Gasteiger partial charge in [-0.15, -0.1) is 0 Å². The van der Waals surface area contributed by atoms with Crippen LogP contribution in [0.25, 0.3) is 0 Å². The van der Waals surface area contributed by atoms with Crippen LogP contribution in [0.4, 0.5) is 4.39 Å². The highest BCUT2D eigenvalue weighted by molar-refractivity contribution is 6.34. The lowest BCUT2D eigenvalue weighted by Gasteiger charge is -2.35. The van der Waals surface area contributed by atoms with E-state index in [9.17, 15) is 14.0 Å². The molecular weight excluding hydrogens is 354 g/mol. The number of halogens is 3. The zero-order valence-electron chi connectivity index (χ0n) is 12.4. The van der Waals surface area contributed by atoms with Crippen molar-refractivity contribution in [2.75, 3.05) is 13.1 Å². The van der Waals surface area contributed by atoms with Gasteiger partial charge in [0.05, 0.1) is 10.6 Å². The molecule has 1 heterocycles. The minimum Gasteiger partial charge on any atom is -0.352 e. The standard InChI is InChI=1S/C17H13Cl2FN2O2/c18-11-6-4-10(5-7-11)15-16(23)21-8-9-22(15)17(24)14-12(19)2-1-3-13(14)20/h1-7,15H,8-9H2,(H,21,23). The summed E-state index contributed by atoms with van der Waals surface area (Å²) in [5.74, 6) is -1.66. The van der Waals surface area contributed by atoms with E-state index in [1.54, 1.807) is 24.3 Å². The van der Waals surface area contributed by atoms with Crippen molar-refractivity contribution in [3.05, 3.63) is 69.5 Å². The van der Waals surface area contributed by atoms with Crippen LogP contribution in [0.1, 0.15) is 22.0 Å². The van der Waals surface area contributed by atoms with E-state index in [4.69, 9.17) is 23.2 Å². The molecule has 4 nitrogen and oxygen atoms in total. The van der Waals surface area contributed by atoms with E-state index in [-0.39, 0.29) is 23.0 Å². The van der Waals surface area contributed by atoms with Gasteiger partial charge in [0.2, 0.25) is 5.91 Å². The second-order valence-corrected chi connectivity index (χ2v) is 6.18. The number of carbonyl (C=O) groups is 2. The molecule has 1 aliphatic heterocycles. The molecule has 2 aromatic rings. The van der Waals surface area contributed by atoms with Crippen LogP contribution in [-0.4, -0.2) is 29.8 Å². The first kappa shape index (κ1) is 16.7. The fourth-order valence-corrected chi connectivity index (χ4v) is 3.08. The molecule has 1 aliphatic rings. The molecule has 0 spiro atoms. The van der Waals surface area contributed by atoms with Crippen molar-refractivity contribution >= 4 is 35.0 Å². The smallest absolute Gasteiger partial charge is 0.259 e. The molecule has 2 amide bonds. The van der Waals surface area contributed by atoms with Crippen LogP contribution in [0.2, 0.25) is 10.0 Å². The Morgan fingerprint density at radius 3 is 2.54 bits per heavy atom. The van der Waals surface area contributed by atoms with E-state index in [1.165, 1.54) is 23.1 Å². The van der Waals surface area contributed by atoms with Gasteiger partial charge in [-0.3, -0.25) is 9.59 Å².